The van der Waals surface area contributed by atoms with Gasteiger partial charge in [0.1, 0.15) is 6.54 Å². The standard InChI is InChI=1S/C14H13F3N2O2/c1-10-3-2-4-11(7-10)8-18-5-6-19(9-14(15,16)17)13(21)12(18)20/h2-7H,8-9H2,1H3. The Labute approximate surface area is 118 Å². The van der Waals surface area contributed by atoms with E-state index in [1.165, 1.54) is 6.20 Å². The summed E-state index contributed by atoms with van der Waals surface area (Å²) in [4.78, 5) is 23.5. The van der Waals surface area contributed by atoms with E-state index in [4.69, 9.17) is 0 Å². The molecule has 0 bridgehead atoms. The Bertz CT molecular complexity index is 760. The number of hydrogen-bond acceptors (Lipinski definition) is 2. The fraction of sp³-hybridized carbons (Fsp3) is 0.286. The Morgan fingerprint density at radius 3 is 2.29 bits per heavy atom. The monoisotopic (exact) mass is 298 g/mol. The molecule has 7 heteroatoms. The van der Waals surface area contributed by atoms with E-state index in [9.17, 15) is 22.8 Å². The van der Waals surface area contributed by atoms with Gasteiger partial charge in [0, 0.05) is 12.4 Å². The minimum absolute atomic E-state index is 0.141. The van der Waals surface area contributed by atoms with Gasteiger partial charge in [-0.05, 0) is 12.5 Å². The average molecular weight is 298 g/mol. The van der Waals surface area contributed by atoms with E-state index in [0.717, 1.165) is 21.9 Å². The van der Waals surface area contributed by atoms with E-state index in [1.807, 2.05) is 19.1 Å². The first-order valence-electron chi connectivity index (χ1n) is 6.18. The minimum Gasteiger partial charge on any atom is -0.305 e. The number of aryl methyl sites for hydroxylation is 1. The lowest BCUT2D eigenvalue weighted by Crippen LogP contribution is -2.42. The van der Waals surface area contributed by atoms with Crippen LogP contribution < -0.4 is 11.1 Å². The summed E-state index contributed by atoms with van der Waals surface area (Å²) >= 11 is 0. The fourth-order valence-electron chi connectivity index (χ4n) is 1.99. The Hall–Kier alpha value is -2.31. The first-order chi connectivity index (χ1) is 9.76. The van der Waals surface area contributed by atoms with Crippen LogP contribution in [0.3, 0.4) is 0 Å². The van der Waals surface area contributed by atoms with E-state index >= 15 is 0 Å². The van der Waals surface area contributed by atoms with Gasteiger partial charge in [0.15, 0.2) is 0 Å². The van der Waals surface area contributed by atoms with Gasteiger partial charge < -0.3 is 9.13 Å². The molecule has 0 saturated carbocycles. The summed E-state index contributed by atoms with van der Waals surface area (Å²) in [6.45, 7) is 0.558. The lowest BCUT2D eigenvalue weighted by Gasteiger charge is -2.11. The zero-order chi connectivity index (χ0) is 15.6. The van der Waals surface area contributed by atoms with Crippen LogP contribution in [0.5, 0.6) is 0 Å². The van der Waals surface area contributed by atoms with Crippen molar-refractivity contribution in [3.8, 4) is 0 Å². The second-order valence-corrected chi connectivity index (χ2v) is 4.77. The summed E-state index contributed by atoms with van der Waals surface area (Å²) in [6, 6.07) is 7.31. The van der Waals surface area contributed by atoms with Crippen LogP contribution in [0.25, 0.3) is 0 Å². The number of rotatable bonds is 3. The largest absolute Gasteiger partial charge is 0.406 e. The van der Waals surface area contributed by atoms with Gasteiger partial charge in [-0.15, -0.1) is 0 Å². The summed E-state index contributed by atoms with van der Waals surface area (Å²) in [5, 5.41) is 0. The molecule has 4 nitrogen and oxygen atoms in total. The molecule has 0 N–H and O–H groups in total. The van der Waals surface area contributed by atoms with Crippen LogP contribution in [0, 0.1) is 6.92 Å². The minimum atomic E-state index is -4.54. The average Bonchev–Trinajstić information content (AvgIpc) is 2.37. The lowest BCUT2D eigenvalue weighted by molar-refractivity contribution is -0.141. The molecule has 0 radical (unpaired) electrons. The summed E-state index contributed by atoms with van der Waals surface area (Å²) < 4.78 is 38.3. The van der Waals surface area contributed by atoms with Gasteiger partial charge in [-0.1, -0.05) is 29.8 Å². The molecule has 21 heavy (non-hydrogen) atoms. The van der Waals surface area contributed by atoms with E-state index in [-0.39, 0.29) is 6.54 Å². The predicted octanol–water partition coefficient (Wildman–Crippen LogP) is 1.93. The molecular formula is C14H13F3N2O2. The molecular weight excluding hydrogens is 285 g/mol. The highest BCUT2D eigenvalue weighted by Gasteiger charge is 2.28. The molecule has 0 atom stereocenters. The van der Waals surface area contributed by atoms with E-state index in [0.29, 0.717) is 4.57 Å². The van der Waals surface area contributed by atoms with Gasteiger partial charge in [-0.2, -0.15) is 13.2 Å². The summed E-state index contributed by atoms with van der Waals surface area (Å²) in [5.41, 5.74) is -0.359. The molecule has 0 saturated heterocycles. The third-order valence-corrected chi connectivity index (χ3v) is 2.92. The maximum Gasteiger partial charge on any atom is 0.406 e. The third-order valence-electron chi connectivity index (χ3n) is 2.92. The highest BCUT2D eigenvalue weighted by Crippen LogP contribution is 2.15. The van der Waals surface area contributed by atoms with Crippen molar-refractivity contribution in [3.05, 3.63) is 68.5 Å². The van der Waals surface area contributed by atoms with E-state index in [2.05, 4.69) is 0 Å². The quantitative estimate of drug-likeness (QED) is 0.813. The van der Waals surface area contributed by atoms with Crippen LogP contribution in [0.15, 0.2) is 46.2 Å². The molecule has 0 aliphatic rings. The van der Waals surface area contributed by atoms with E-state index in [1.54, 1.807) is 12.1 Å². The molecule has 0 unspecified atom stereocenters. The SMILES string of the molecule is Cc1cccc(Cn2ccn(CC(F)(F)F)c(=O)c2=O)c1. The zero-order valence-electron chi connectivity index (χ0n) is 11.2. The molecule has 2 rings (SSSR count). The first-order valence-corrected chi connectivity index (χ1v) is 6.18. The highest BCUT2D eigenvalue weighted by atomic mass is 19.4. The van der Waals surface area contributed by atoms with Crippen LogP contribution in [0.2, 0.25) is 0 Å². The van der Waals surface area contributed by atoms with Crippen molar-refractivity contribution < 1.29 is 13.2 Å². The molecule has 2 aromatic rings. The highest BCUT2D eigenvalue weighted by molar-refractivity contribution is 5.22. The van der Waals surface area contributed by atoms with Crippen LogP contribution in [-0.4, -0.2) is 15.3 Å². The number of hydrogen-bond donors (Lipinski definition) is 0. The molecule has 1 aromatic carbocycles. The van der Waals surface area contributed by atoms with Crippen molar-refractivity contribution in [3.63, 3.8) is 0 Å². The van der Waals surface area contributed by atoms with Crippen molar-refractivity contribution in [1.82, 2.24) is 9.13 Å². The van der Waals surface area contributed by atoms with Crippen LogP contribution in [0.1, 0.15) is 11.1 Å². The molecule has 0 amide bonds. The van der Waals surface area contributed by atoms with E-state index < -0.39 is 23.8 Å². The number of aromatic nitrogens is 2. The number of alkyl halides is 3. The van der Waals surface area contributed by atoms with Gasteiger partial charge in [-0.3, -0.25) is 9.59 Å². The number of nitrogens with zero attached hydrogens (tertiary/aromatic N) is 2. The van der Waals surface area contributed by atoms with Crippen molar-refractivity contribution in [2.24, 2.45) is 0 Å². The molecule has 1 heterocycles. The van der Waals surface area contributed by atoms with Gasteiger partial charge in [-0.25, -0.2) is 0 Å². The Balaban J connectivity index is 2.33. The molecule has 0 aliphatic heterocycles. The normalized spacial score (nSPS) is 11.6. The summed E-state index contributed by atoms with van der Waals surface area (Å²) in [6.07, 6.45) is -2.37. The van der Waals surface area contributed by atoms with Gasteiger partial charge >= 0.3 is 17.3 Å². The maximum absolute atomic E-state index is 12.3. The van der Waals surface area contributed by atoms with Crippen LogP contribution in [-0.2, 0) is 13.1 Å². The second-order valence-electron chi connectivity index (χ2n) is 4.77. The topological polar surface area (TPSA) is 44.0 Å². The van der Waals surface area contributed by atoms with Gasteiger partial charge in [0.25, 0.3) is 0 Å². The Morgan fingerprint density at radius 1 is 1.05 bits per heavy atom. The van der Waals surface area contributed by atoms with Gasteiger partial charge in [0.05, 0.1) is 6.54 Å². The van der Waals surface area contributed by atoms with Crippen LogP contribution >= 0.6 is 0 Å². The summed E-state index contributed by atoms with van der Waals surface area (Å²) in [7, 11) is 0. The molecule has 0 fully saturated rings. The molecule has 0 aliphatic carbocycles. The molecule has 1 aromatic heterocycles. The van der Waals surface area contributed by atoms with Crippen molar-refractivity contribution >= 4 is 0 Å². The van der Waals surface area contributed by atoms with Crippen LogP contribution in [0.4, 0.5) is 13.2 Å². The first kappa shape index (κ1) is 15.1. The zero-order valence-corrected chi connectivity index (χ0v) is 11.2. The smallest absolute Gasteiger partial charge is 0.305 e. The summed E-state index contributed by atoms with van der Waals surface area (Å²) in [5.74, 6) is 0. The molecule has 112 valence electrons. The van der Waals surface area contributed by atoms with Crippen molar-refractivity contribution in [2.75, 3.05) is 0 Å². The fourth-order valence-corrected chi connectivity index (χ4v) is 1.99. The van der Waals surface area contributed by atoms with Gasteiger partial charge in [0.2, 0.25) is 0 Å². The lowest BCUT2D eigenvalue weighted by atomic mass is 10.1. The van der Waals surface area contributed by atoms with Crippen molar-refractivity contribution in [2.45, 2.75) is 26.2 Å². The Kier molecular flexibility index (Phi) is 4.02. The Morgan fingerprint density at radius 2 is 1.67 bits per heavy atom. The molecule has 0 spiro atoms. The number of benzene rings is 1. The second kappa shape index (κ2) is 5.59. The van der Waals surface area contributed by atoms with Crippen molar-refractivity contribution in [1.29, 1.82) is 0 Å². The predicted molar refractivity (Wildman–Crippen MR) is 71.3 cm³/mol. The third kappa shape index (κ3) is 3.84. The maximum atomic E-state index is 12.3. The number of halogens is 3.